The Bertz CT molecular complexity index is 348. The maximum atomic E-state index is 11.6. The molecule has 0 aromatic heterocycles. The normalized spacial score (nSPS) is 36.6. The summed E-state index contributed by atoms with van der Waals surface area (Å²) in [5, 5.41) is 10.4. The molecule has 2 atom stereocenters. The van der Waals surface area contributed by atoms with E-state index in [0.717, 1.165) is 25.7 Å². The van der Waals surface area contributed by atoms with Crippen LogP contribution in [0.4, 0.5) is 0 Å². The lowest BCUT2D eigenvalue weighted by molar-refractivity contribution is 0.00193. The van der Waals surface area contributed by atoms with Crippen LogP contribution in [0.15, 0.2) is 0 Å². The fraction of sp³-hybridized carbons (Fsp3) is 1.00. The Kier molecular flexibility index (Phi) is 3.29. The third kappa shape index (κ3) is 2.13. The Labute approximate surface area is 97.1 Å². The molecule has 0 radical (unpaired) electrons. The predicted molar refractivity (Wildman–Crippen MR) is 62.7 cm³/mol. The van der Waals surface area contributed by atoms with E-state index < -0.39 is 21.4 Å². The van der Waals surface area contributed by atoms with Crippen LogP contribution in [-0.4, -0.2) is 37.7 Å². The third-order valence-corrected chi connectivity index (χ3v) is 6.14. The van der Waals surface area contributed by atoms with Gasteiger partial charge in [-0.05, 0) is 25.2 Å². The van der Waals surface area contributed by atoms with Crippen molar-refractivity contribution in [3.8, 4) is 0 Å². The zero-order valence-electron chi connectivity index (χ0n) is 9.56. The van der Waals surface area contributed by atoms with Crippen molar-refractivity contribution >= 4 is 9.84 Å². The standard InChI is InChI=1S/C11H21NO3S/c12-7-11(5-6-16(14,15)8-11)10(13)9-3-1-2-4-9/h9-10,13H,1-8,12H2. The van der Waals surface area contributed by atoms with Crippen molar-refractivity contribution in [2.45, 2.75) is 38.2 Å². The number of aliphatic hydroxyl groups excluding tert-OH is 1. The van der Waals surface area contributed by atoms with Crippen LogP contribution in [-0.2, 0) is 9.84 Å². The van der Waals surface area contributed by atoms with Crippen LogP contribution in [0, 0.1) is 11.3 Å². The third-order valence-electron chi connectivity index (χ3n) is 4.30. The van der Waals surface area contributed by atoms with Gasteiger partial charge in [-0.1, -0.05) is 12.8 Å². The monoisotopic (exact) mass is 247 g/mol. The lowest BCUT2D eigenvalue weighted by atomic mass is 9.75. The summed E-state index contributed by atoms with van der Waals surface area (Å²) in [6, 6.07) is 0. The molecule has 2 unspecified atom stereocenters. The van der Waals surface area contributed by atoms with Gasteiger partial charge < -0.3 is 10.8 Å². The molecule has 3 N–H and O–H groups in total. The summed E-state index contributed by atoms with van der Waals surface area (Å²) < 4.78 is 23.1. The first-order valence-corrected chi connectivity index (χ1v) is 7.90. The van der Waals surface area contributed by atoms with E-state index in [1.54, 1.807) is 0 Å². The smallest absolute Gasteiger partial charge is 0.151 e. The molecule has 4 nitrogen and oxygen atoms in total. The van der Waals surface area contributed by atoms with Crippen LogP contribution in [0.5, 0.6) is 0 Å². The van der Waals surface area contributed by atoms with Crippen molar-refractivity contribution in [1.82, 2.24) is 0 Å². The van der Waals surface area contributed by atoms with Gasteiger partial charge in [0.1, 0.15) is 0 Å². The maximum absolute atomic E-state index is 11.6. The van der Waals surface area contributed by atoms with E-state index in [2.05, 4.69) is 0 Å². The minimum absolute atomic E-state index is 0.0775. The second-order valence-electron chi connectivity index (χ2n) is 5.40. The largest absolute Gasteiger partial charge is 0.392 e. The summed E-state index contributed by atoms with van der Waals surface area (Å²) in [5.74, 6) is 0.527. The number of hydrogen-bond acceptors (Lipinski definition) is 4. The molecule has 94 valence electrons. The number of nitrogens with two attached hydrogens (primary N) is 1. The van der Waals surface area contributed by atoms with E-state index >= 15 is 0 Å². The Balaban J connectivity index is 2.15. The van der Waals surface area contributed by atoms with Gasteiger partial charge in [-0.3, -0.25) is 0 Å². The molecular weight excluding hydrogens is 226 g/mol. The Morgan fingerprint density at radius 3 is 2.44 bits per heavy atom. The lowest BCUT2D eigenvalue weighted by Crippen LogP contribution is -2.46. The molecular formula is C11H21NO3S. The first-order chi connectivity index (χ1) is 7.49. The van der Waals surface area contributed by atoms with Crippen molar-refractivity contribution in [2.24, 2.45) is 17.1 Å². The summed E-state index contributed by atoms with van der Waals surface area (Å²) in [5.41, 5.74) is 5.17. The van der Waals surface area contributed by atoms with Crippen molar-refractivity contribution in [1.29, 1.82) is 0 Å². The second kappa shape index (κ2) is 4.27. The van der Waals surface area contributed by atoms with Gasteiger partial charge in [0.25, 0.3) is 0 Å². The Hall–Kier alpha value is -0.130. The summed E-state index contributed by atoms with van der Waals surface area (Å²) in [4.78, 5) is 0. The average Bonchev–Trinajstić information content (AvgIpc) is 2.85. The van der Waals surface area contributed by atoms with Gasteiger partial charge in [-0.25, -0.2) is 8.42 Å². The van der Waals surface area contributed by atoms with Gasteiger partial charge in [0.15, 0.2) is 9.84 Å². The molecule has 1 aliphatic carbocycles. The molecule has 1 saturated heterocycles. The van der Waals surface area contributed by atoms with Gasteiger partial charge in [-0.15, -0.1) is 0 Å². The lowest BCUT2D eigenvalue weighted by Gasteiger charge is -2.35. The molecule has 1 saturated carbocycles. The molecule has 0 aromatic carbocycles. The first kappa shape index (κ1) is 12.3. The minimum Gasteiger partial charge on any atom is -0.392 e. The van der Waals surface area contributed by atoms with Crippen molar-refractivity contribution in [3.05, 3.63) is 0 Å². The fourth-order valence-corrected chi connectivity index (χ4v) is 5.40. The van der Waals surface area contributed by atoms with Crippen molar-refractivity contribution < 1.29 is 13.5 Å². The van der Waals surface area contributed by atoms with Gasteiger partial charge >= 0.3 is 0 Å². The molecule has 16 heavy (non-hydrogen) atoms. The quantitative estimate of drug-likeness (QED) is 0.751. The molecule has 1 aliphatic heterocycles. The van der Waals surface area contributed by atoms with E-state index in [1.165, 1.54) is 0 Å². The van der Waals surface area contributed by atoms with Crippen molar-refractivity contribution in [3.63, 3.8) is 0 Å². The number of sulfone groups is 1. The van der Waals surface area contributed by atoms with Crippen molar-refractivity contribution in [2.75, 3.05) is 18.1 Å². The van der Waals surface area contributed by atoms with E-state index in [-0.39, 0.29) is 24.0 Å². The zero-order chi connectivity index (χ0) is 11.8. The van der Waals surface area contributed by atoms with Gasteiger partial charge in [0, 0.05) is 12.0 Å². The van der Waals surface area contributed by atoms with E-state index in [4.69, 9.17) is 5.73 Å². The van der Waals surface area contributed by atoms with Crippen LogP contribution < -0.4 is 5.73 Å². The van der Waals surface area contributed by atoms with E-state index in [1.807, 2.05) is 0 Å². The van der Waals surface area contributed by atoms with Crippen LogP contribution >= 0.6 is 0 Å². The first-order valence-electron chi connectivity index (χ1n) is 6.08. The highest BCUT2D eigenvalue weighted by atomic mass is 32.2. The summed E-state index contributed by atoms with van der Waals surface area (Å²) in [6.07, 6.45) is 4.33. The SMILES string of the molecule is NCC1(C(O)C2CCCC2)CCS(=O)(=O)C1. The van der Waals surface area contributed by atoms with Crippen LogP contribution in [0.2, 0.25) is 0 Å². The maximum Gasteiger partial charge on any atom is 0.151 e. The predicted octanol–water partition coefficient (Wildman–Crippen LogP) is 0.301. The fourth-order valence-electron chi connectivity index (χ4n) is 3.23. The van der Waals surface area contributed by atoms with Crippen LogP contribution in [0.1, 0.15) is 32.1 Å². The summed E-state index contributed by atoms with van der Waals surface area (Å²) >= 11 is 0. The molecule has 1 heterocycles. The van der Waals surface area contributed by atoms with Crippen LogP contribution in [0.3, 0.4) is 0 Å². The summed E-state index contributed by atoms with van der Waals surface area (Å²) in [6.45, 7) is 0.282. The highest BCUT2D eigenvalue weighted by molar-refractivity contribution is 7.91. The number of aliphatic hydroxyl groups is 1. The molecule has 0 bridgehead atoms. The number of hydrogen-bond donors (Lipinski definition) is 2. The molecule has 0 amide bonds. The topological polar surface area (TPSA) is 80.4 Å². The van der Waals surface area contributed by atoms with Gasteiger partial charge in [-0.2, -0.15) is 0 Å². The zero-order valence-corrected chi connectivity index (χ0v) is 10.4. The van der Waals surface area contributed by atoms with Gasteiger partial charge in [0.05, 0.1) is 17.6 Å². The molecule has 0 aromatic rings. The minimum atomic E-state index is -2.98. The Morgan fingerprint density at radius 2 is 2.00 bits per heavy atom. The molecule has 0 spiro atoms. The van der Waals surface area contributed by atoms with Crippen LogP contribution in [0.25, 0.3) is 0 Å². The Morgan fingerprint density at radius 1 is 1.38 bits per heavy atom. The average molecular weight is 247 g/mol. The van der Waals surface area contributed by atoms with E-state index in [9.17, 15) is 13.5 Å². The molecule has 2 fully saturated rings. The number of rotatable bonds is 3. The molecule has 2 aliphatic rings. The second-order valence-corrected chi connectivity index (χ2v) is 7.58. The highest BCUT2D eigenvalue weighted by Gasteiger charge is 2.49. The van der Waals surface area contributed by atoms with E-state index in [0.29, 0.717) is 6.42 Å². The summed E-state index contributed by atoms with van der Waals surface area (Å²) in [7, 11) is -2.98. The molecule has 5 heteroatoms. The van der Waals surface area contributed by atoms with Gasteiger partial charge in [0.2, 0.25) is 0 Å². The molecule has 2 rings (SSSR count). The highest BCUT2D eigenvalue weighted by Crippen LogP contribution is 2.42.